The van der Waals surface area contributed by atoms with E-state index in [2.05, 4.69) is 42.8 Å². The molecule has 0 spiro atoms. The number of alkyl halides is 1. The molecule has 2 atom stereocenters. The Bertz CT molecular complexity index is 224. The van der Waals surface area contributed by atoms with Gasteiger partial charge in [-0.1, -0.05) is 61.0 Å². The van der Waals surface area contributed by atoms with Crippen LogP contribution in [0.4, 0.5) is 0 Å². The van der Waals surface area contributed by atoms with E-state index >= 15 is 0 Å². The Balaban J connectivity index is 2.99. The lowest BCUT2D eigenvalue weighted by Gasteiger charge is -2.42. The van der Waals surface area contributed by atoms with Gasteiger partial charge in [0, 0.05) is 6.04 Å². The van der Waals surface area contributed by atoms with Crippen LogP contribution in [0.5, 0.6) is 0 Å². The second-order valence-corrected chi connectivity index (χ2v) is 5.60. The fourth-order valence-electron chi connectivity index (χ4n) is 1.38. The van der Waals surface area contributed by atoms with Gasteiger partial charge in [0.05, 0.1) is 4.32 Å². The predicted molar refractivity (Wildman–Crippen MR) is 57.4 cm³/mol. The van der Waals surface area contributed by atoms with Crippen LogP contribution in [0.2, 0.25) is 0 Å². The van der Waals surface area contributed by atoms with Crippen LogP contribution < -0.4 is 5.73 Å². The highest BCUT2D eigenvalue weighted by Crippen LogP contribution is 2.43. The maximum atomic E-state index is 6.01. The molecule has 1 rings (SSSR count). The third-order valence-corrected chi connectivity index (χ3v) is 4.39. The largest absolute Gasteiger partial charge is 0.323 e. The first-order valence-electron chi connectivity index (χ1n) is 4.18. The van der Waals surface area contributed by atoms with Crippen molar-refractivity contribution in [3.05, 3.63) is 24.3 Å². The van der Waals surface area contributed by atoms with Gasteiger partial charge in [-0.2, -0.15) is 0 Å². The van der Waals surface area contributed by atoms with Crippen molar-refractivity contribution in [1.82, 2.24) is 0 Å². The Kier molecular flexibility index (Phi) is 2.50. The lowest BCUT2D eigenvalue weighted by atomic mass is 9.74. The zero-order valence-electron chi connectivity index (χ0n) is 7.84. The maximum absolute atomic E-state index is 6.01. The molecular formula is C10H16BrN. The van der Waals surface area contributed by atoms with Crippen molar-refractivity contribution in [2.75, 3.05) is 0 Å². The molecule has 1 nitrogen and oxygen atoms in total. The van der Waals surface area contributed by atoms with E-state index in [-0.39, 0.29) is 15.8 Å². The molecule has 1 aliphatic rings. The van der Waals surface area contributed by atoms with Crippen molar-refractivity contribution in [1.29, 1.82) is 0 Å². The Labute approximate surface area is 82.8 Å². The lowest BCUT2D eigenvalue weighted by molar-refractivity contribution is 0.314. The highest BCUT2D eigenvalue weighted by atomic mass is 79.9. The molecule has 12 heavy (non-hydrogen) atoms. The monoisotopic (exact) mass is 229 g/mol. The minimum Gasteiger partial charge on any atom is -0.323 e. The third kappa shape index (κ3) is 1.50. The van der Waals surface area contributed by atoms with Gasteiger partial charge in [-0.05, 0) is 5.41 Å². The van der Waals surface area contributed by atoms with Crippen LogP contribution in [-0.4, -0.2) is 10.4 Å². The summed E-state index contributed by atoms with van der Waals surface area (Å²) in [7, 11) is 0. The molecule has 0 heterocycles. The summed E-state index contributed by atoms with van der Waals surface area (Å²) in [5.74, 6) is 0. The van der Waals surface area contributed by atoms with Gasteiger partial charge >= 0.3 is 0 Å². The first-order chi connectivity index (χ1) is 5.38. The van der Waals surface area contributed by atoms with Crippen LogP contribution in [0.15, 0.2) is 24.3 Å². The molecule has 2 heteroatoms. The van der Waals surface area contributed by atoms with Crippen molar-refractivity contribution in [3.63, 3.8) is 0 Å². The molecule has 0 saturated carbocycles. The van der Waals surface area contributed by atoms with E-state index in [1.54, 1.807) is 0 Å². The third-order valence-electron chi connectivity index (χ3n) is 2.40. The van der Waals surface area contributed by atoms with Crippen LogP contribution >= 0.6 is 15.9 Å². The van der Waals surface area contributed by atoms with Crippen molar-refractivity contribution >= 4 is 15.9 Å². The molecule has 0 saturated heterocycles. The summed E-state index contributed by atoms with van der Waals surface area (Å²) >= 11 is 3.72. The minimum atomic E-state index is -0.102. The maximum Gasteiger partial charge on any atom is 0.0674 e. The first-order valence-corrected chi connectivity index (χ1v) is 4.98. The summed E-state index contributed by atoms with van der Waals surface area (Å²) in [4.78, 5) is 0. The summed E-state index contributed by atoms with van der Waals surface area (Å²) < 4.78 is -0.102. The summed E-state index contributed by atoms with van der Waals surface area (Å²) in [5, 5.41) is 0. The lowest BCUT2D eigenvalue weighted by Crippen LogP contribution is -2.50. The summed E-state index contributed by atoms with van der Waals surface area (Å²) in [6, 6.07) is 0.0579. The Morgan fingerprint density at radius 2 is 1.92 bits per heavy atom. The van der Waals surface area contributed by atoms with E-state index in [1.807, 2.05) is 18.2 Å². The van der Waals surface area contributed by atoms with Crippen LogP contribution in [0, 0.1) is 5.41 Å². The Morgan fingerprint density at radius 1 is 1.33 bits per heavy atom. The molecule has 0 fully saturated rings. The highest BCUT2D eigenvalue weighted by Gasteiger charge is 2.42. The second kappa shape index (κ2) is 3.00. The molecule has 2 N–H and O–H groups in total. The molecule has 68 valence electrons. The Morgan fingerprint density at radius 3 is 2.25 bits per heavy atom. The molecule has 0 radical (unpaired) electrons. The zero-order chi connectivity index (χ0) is 9.41. The number of hydrogen-bond donors (Lipinski definition) is 1. The molecule has 0 aromatic rings. The smallest absolute Gasteiger partial charge is 0.0674 e. The zero-order valence-corrected chi connectivity index (χ0v) is 9.43. The molecule has 0 aromatic heterocycles. The van der Waals surface area contributed by atoms with Gasteiger partial charge in [-0.15, -0.1) is 0 Å². The van der Waals surface area contributed by atoms with Gasteiger partial charge in [0.25, 0.3) is 0 Å². The molecule has 0 bridgehead atoms. The molecular weight excluding hydrogens is 214 g/mol. The minimum absolute atomic E-state index is 0.0579. The summed E-state index contributed by atoms with van der Waals surface area (Å²) in [6.45, 7) is 6.56. The molecule has 1 aliphatic carbocycles. The van der Waals surface area contributed by atoms with Crippen molar-refractivity contribution in [2.45, 2.75) is 31.1 Å². The topological polar surface area (TPSA) is 26.0 Å². The quantitative estimate of drug-likeness (QED) is 0.636. The van der Waals surface area contributed by atoms with E-state index in [0.29, 0.717) is 0 Å². The number of hydrogen-bond acceptors (Lipinski definition) is 1. The first kappa shape index (κ1) is 10.0. The fourth-order valence-corrected chi connectivity index (χ4v) is 1.69. The van der Waals surface area contributed by atoms with Crippen LogP contribution in [-0.2, 0) is 0 Å². The normalized spacial score (nSPS) is 35.6. The van der Waals surface area contributed by atoms with E-state index in [9.17, 15) is 0 Å². The van der Waals surface area contributed by atoms with Crippen LogP contribution in [0.25, 0.3) is 0 Å². The number of halogens is 1. The average Bonchev–Trinajstić information content (AvgIpc) is 1.93. The molecule has 0 aliphatic heterocycles. The fraction of sp³-hybridized carbons (Fsp3) is 0.600. The van der Waals surface area contributed by atoms with Gasteiger partial charge in [0.2, 0.25) is 0 Å². The van der Waals surface area contributed by atoms with E-state index in [1.165, 1.54) is 0 Å². The predicted octanol–water partition coefficient (Wildman–Crippen LogP) is 2.62. The molecule has 2 unspecified atom stereocenters. The van der Waals surface area contributed by atoms with Gasteiger partial charge in [-0.3, -0.25) is 0 Å². The van der Waals surface area contributed by atoms with Crippen molar-refractivity contribution < 1.29 is 0 Å². The molecule has 0 amide bonds. The van der Waals surface area contributed by atoms with E-state index in [4.69, 9.17) is 5.73 Å². The van der Waals surface area contributed by atoms with Gasteiger partial charge in [0.1, 0.15) is 0 Å². The van der Waals surface area contributed by atoms with Crippen LogP contribution in [0.1, 0.15) is 20.8 Å². The average molecular weight is 230 g/mol. The van der Waals surface area contributed by atoms with Gasteiger partial charge in [-0.25, -0.2) is 0 Å². The Hall–Kier alpha value is -0.0800. The van der Waals surface area contributed by atoms with Crippen molar-refractivity contribution in [2.24, 2.45) is 11.1 Å². The highest BCUT2D eigenvalue weighted by molar-refractivity contribution is 9.10. The molecule has 0 aromatic carbocycles. The SMILES string of the molecule is CC(C)(C)C1(Br)C=CC=CC1N. The number of nitrogens with two attached hydrogens (primary N) is 1. The number of rotatable bonds is 0. The van der Waals surface area contributed by atoms with Crippen molar-refractivity contribution in [3.8, 4) is 0 Å². The van der Waals surface area contributed by atoms with E-state index in [0.717, 1.165) is 0 Å². The van der Waals surface area contributed by atoms with E-state index < -0.39 is 0 Å². The summed E-state index contributed by atoms with van der Waals surface area (Å²) in [5.41, 5.74) is 6.15. The van der Waals surface area contributed by atoms with Gasteiger partial charge < -0.3 is 5.73 Å². The number of allylic oxidation sites excluding steroid dienone is 2. The van der Waals surface area contributed by atoms with Gasteiger partial charge in [0.15, 0.2) is 0 Å². The van der Waals surface area contributed by atoms with Crippen LogP contribution in [0.3, 0.4) is 0 Å². The second-order valence-electron chi connectivity index (χ2n) is 4.29. The standard InChI is InChI=1S/C10H16BrN/c1-9(2,3)10(11)7-5-4-6-8(10)12/h4-8H,12H2,1-3H3. The summed E-state index contributed by atoms with van der Waals surface area (Å²) in [6.07, 6.45) is 8.21.